The van der Waals surface area contributed by atoms with Crippen LogP contribution < -0.4 is 0 Å². The molecule has 0 aliphatic carbocycles. The van der Waals surface area contributed by atoms with E-state index in [1.54, 1.807) is 0 Å². The van der Waals surface area contributed by atoms with Crippen LogP contribution in [0.3, 0.4) is 0 Å². The van der Waals surface area contributed by atoms with Crippen molar-refractivity contribution in [2.75, 3.05) is 39.6 Å². The van der Waals surface area contributed by atoms with E-state index in [-0.39, 0.29) is 25.7 Å². The third-order valence-electron chi connectivity index (χ3n) is 18.0. The smallest absolute Gasteiger partial charge is 0.462 e. The molecule has 17 nitrogen and oxygen atoms in total. The number of phosphoric acid groups is 2. The Hall–Kier alpha value is -1.94. The van der Waals surface area contributed by atoms with Crippen molar-refractivity contribution in [3.8, 4) is 0 Å². The molecule has 0 rings (SSSR count). The number of rotatable bonds is 72. The third-order valence-corrected chi connectivity index (χ3v) is 19.9. The summed E-state index contributed by atoms with van der Waals surface area (Å²) in [6, 6.07) is 0. The number of phosphoric ester groups is 2. The number of ether oxygens (including phenoxy) is 4. The zero-order valence-electron chi connectivity index (χ0n) is 61.6. The molecule has 3 N–H and O–H groups in total. The van der Waals surface area contributed by atoms with E-state index >= 15 is 0 Å². The summed E-state index contributed by atoms with van der Waals surface area (Å²) in [4.78, 5) is 72.8. The molecule has 5 unspecified atom stereocenters. The van der Waals surface area contributed by atoms with Gasteiger partial charge in [0.1, 0.15) is 19.3 Å². The summed E-state index contributed by atoms with van der Waals surface area (Å²) < 4.78 is 68.5. The summed E-state index contributed by atoms with van der Waals surface area (Å²) in [7, 11) is -9.91. The first kappa shape index (κ1) is 92.1. The summed E-state index contributed by atoms with van der Waals surface area (Å²) in [6.07, 6.45) is 48.4. The molecule has 0 aliphatic heterocycles. The lowest BCUT2D eigenvalue weighted by molar-refractivity contribution is -0.161. The van der Waals surface area contributed by atoms with Crippen molar-refractivity contribution in [3.63, 3.8) is 0 Å². The third kappa shape index (κ3) is 66.0. The molecule has 0 amide bonds. The lowest BCUT2D eigenvalue weighted by Crippen LogP contribution is -2.30. The van der Waals surface area contributed by atoms with Crippen LogP contribution in [0.4, 0.5) is 0 Å². The first-order valence-electron chi connectivity index (χ1n) is 38.8. The molecule has 0 aromatic carbocycles. The van der Waals surface area contributed by atoms with Crippen molar-refractivity contribution in [2.45, 2.75) is 395 Å². The maximum absolute atomic E-state index is 13.1. The quantitative estimate of drug-likeness (QED) is 0.0222. The van der Waals surface area contributed by atoms with Gasteiger partial charge in [0.05, 0.1) is 26.4 Å². The number of hydrogen-bond acceptors (Lipinski definition) is 15. The highest BCUT2D eigenvalue weighted by atomic mass is 31.2. The molecule has 0 aromatic heterocycles. The number of aliphatic hydroxyl groups excluding tert-OH is 1. The predicted octanol–water partition coefficient (Wildman–Crippen LogP) is 21.7. The van der Waals surface area contributed by atoms with Gasteiger partial charge in [-0.05, 0) is 49.4 Å². The van der Waals surface area contributed by atoms with Crippen molar-refractivity contribution in [1.82, 2.24) is 0 Å². The maximum atomic E-state index is 13.1. The fourth-order valence-electron chi connectivity index (χ4n) is 11.3. The second-order valence-corrected chi connectivity index (χ2v) is 31.4. The molecule has 0 heterocycles. The van der Waals surface area contributed by atoms with Crippen LogP contribution in [0, 0.1) is 23.7 Å². The molecule has 7 atom stereocenters. The van der Waals surface area contributed by atoms with Crippen LogP contribution in [0.25, 0.3) is 0 Å². The molecule has 19 heteroatoms. The molecule has 0 fully saturated rings. The normalized spacial score (nSPS) is 14.7. The van der Waals surface area contributed by atoms with Crippen LogP contribution in [0.1, 0.15) is 376 Å². The van der Waals surface area contributed by atoms with Gasteiger partial charge < -0.3 is 33.8 Å². The summed E-state index contributed by atoms with van der Waals surface area (Å²) in [6.45, 7) is 14.2. The summed E-state index contributed by atoms with van der Waals surface area (Å²) in [5.74, 6) is 0.994. The SMILES string of the molecule is CCC(C)CCCCCCCCCCCCC(=O)OC[C@H](COP(=O)(O)OCC(O)COP(=O)(O)OC[C@@H](COC(=O)CCCCCCCCCCC(C)C)OC(=O)CCCCCCCCCCCCC(C)CC)OC(=O)CCCCCCCCCCCCCCC(C)C. The summed E-state index contributed by atoms with van der Waals surface area (Å²) in [5, 5.41) is 10.6. The number of carbonyl (C=O) groups excluding carboxylic acids is 4. The Labute approximate surface area is 575 Å². The van der Waals surface area contributed by atoms with Gasteiger partial charge in [-0.25, -0.2) is 9.13 Å². The minimum Gasteiger partial charge on any atom is -0.462 e. The standard InChI is InChI=1S/C75H146O17P2/c1-9-67(7)53-45-37-29-20-15-17-22-31-39-47-55-72(77)85-61-70(91-74(79)57-49-41-33-23-14-12-11-13-19-27-35-43-51-65(3)4)63-89-93(81,82)87-59-69(76)60-88-94(83,84)90-64-71(62-86-73(78)56-48-40-32-26-25-28-36-44-52-66(5)6)92-75(80)58-50-42-34-24-18-16-21-30-38-46-54-68(8)10-2/h65-71,76H,9-64H2,1-8H3,(H,81,82)(H,83,84)/t67?,68?,69?,70-,71-/m1/s1. The topological polar surface area (TPSA) is 237 Å². The zero-order chi connectivity index (χ0) is 69.6. The van der Waals surface area contributed by atoms with Crippen LogP contribution in [0.15, 0.2) is 0 Å². The first-order valence-corrected chi connectivity index (χ1v) is 41.8. The van der Waals surface area contributed by atoms with E-state index < -0.39 is 97.5 Å². The molecule has 0 saturated heterocycles. The molecular formula is C75H146O17P2. The first-order chi connectivity index (χ1) is 45.2. The number of unbranched alkanes of at least 4 members (excludes halogenated alkanes) is 36. The lowest BCUT2D eigenvalue weighted by atomic mass is 9.99. The van der Waals surface area contributed by atoms with E-state index in [1.165, 1.54) is 180 Å². The highest BCUT2D eigenvalue weighted by Gasteiger charge is 2.30. The van der Waals surface area contributed by atoms with E-state index in [9.17, 15) is 43.2 Å². The minimum absolute atomic E-state index is 0.105. The fraction of sp³-hybridized carbons (Fsp3) is 0.947. The molecule has 0 spiro atoms. The van der Waals surface area contributed by atoms with Gasteiger partial charge in [-0.2, -0.15) is 0 Å². The van der Waals surface area contributed by atoms with Crippen molar-refractivity contribution < 1.29 is 80.2 Å². The van der Waals surface area contributed by atoms with Crippen LogP contribution in [0.2, 0.25) is 0 Å². The largest absolute Gasteiger partial charge is 0.472 e. The van der Waals surface area contributed by atoms with Crippen molar-refractivity contribution in [3.05, 3.63) is 0 Å². The zero-order valence-corrected chi connectivity index (χ0v) is 63.4. The van der Waals surface area contributed by atoms with E-state index in [0.717, 1.165) is 114 Å². The Morgan fingerprint density at radius 1 is 0.298 bits per heavy atom. The van der Waals surface area contributed by atoms with Crippen molar-refractivity contribution >= 4 is 39.5 Å². The monoisotopic (exact) mass is 1380 g/mol. The van der Waals surface area contributed by atoms with E-state index in [1.807, 2.05) is 0 Å². The summed E-state index contributed by atoms with van der Waals surface area (Å²) in [5.41, 5.74) is 0. The molecule has 0 aliphatic rings. The van der Waals surface area contributed by atoms with Gasteiger partial charge in [0.15, 0.2) is 12.2 Å². The molecule has 0 saturated carbocycles. The Bertz CT molecular complexity index is 1850. The number of carbonyl (C=O) groups is 4. The second kappa shape index (κ2) is 64.4. The fourth-order valence-corrected chi connectivity index (χ4v) is 12.9. The molecule has 0 radical (unpaired) electrons. The van der Waals surface area contributed by atoms with Gasteiger partial charge in [-0.3, -0.25) is 37.3 Å². The minimum atomic E-state index is -4.96. The van der Waals surface area contributed by atoms with Crippen molar-refractivity contribution in [1.29, 1.82) is 0 Å². The van der Waals surface area contributed by atoms with Gasteiger partial charge in [-0.15, -0.1) is 0 Å². The average Bonchev–Trinajstić information content (AvgIpc) is 3.08. The van der Waals surface area contributed by atoms with Crippen LogP contribution in [0.5, 0.6) is 0 Å². The molecule has 0 aromatic rings. The highest BCUT2D eigenvalue weighted by molar-refractivity contribution is 7.47. The van der Waals surface area contributed by atoms with Gasteiger partial charge in [-0.1, -0.05) is 325 Å². The number of hydrogen-bond donors (Lipinski definition) is 3. The van der Waals surface area contributed by atoms with E-state index in [0.29, 0.717) is 25.7 Å². The second-order valence-electron chi connectivity index (χ2n) is 28.5. The van der Waals surface area contributed by atoms with Gasteiger partial charge in [0.25, 0.3) is 0 Å². The Morgan fingerprint density at radius 3 is 0.755 bits per heavy atom. The Morgan fingerprint density at radius 2 is 0.511 bits per heavy atom. The highest BCUT2D eigenvalue weighted by Crippen LogP contribution is 2.45. The van der Waals surface area contributed by atoms with Gasteiger partial charge in [0.2, 0.25) is 0 Å². The predicted molar refractivity (Wildman–Crippen MR) is 381 cm³/mol. The summed E-state index contributed by atoms with van der Waals surface area (Å²) >= 11 is 0. The average molecular weight is 1380 g/mol. The number of aliphatic hydroxyl groups is 1. The molecule has 558 valence electrons. The van der Waals surface area contributed by atoms with Crippen LogP contribution in [-0.4, -0.2) is 96.7 Å². The van der Waals surface area contributed by atoms with E-state index in [4.69, 9.17) is 37.0 Å². The van der Waals surface area contributed by atoms with Gasteiger partial charge in [0, 0.05) is 25.7 Å². The van der Waals surface area contributed by atoms with E-state index in [2.05, 4.69) is 55.4 Å². The molecule has 0 bridgehead atoms. The number of esters is 4. The van der Waals surface area contributed by atoms with Crippen LogP contribution >= 0.6 is 15.6 Å². The lowest BCUT2D eigenvalue weighted by Gasteiger charge is -2.21. The molecule has 94 heavy (non-hydrogen) atoms. The van der Waals surface area contributed by atoms with Crippen molar-refractivity contribution in [2.24, 2.45) is 23.7 Å². The van der Waals surface area contributed by atoms with Crippen LogP contribution in [-0.2, 0) is 65.4 Å². The molecular weight excluding hydrogens is 1230 g/mol. The Balaban J connectivity index is 5.28. The Kier molecular flexibility index (Phi) is 63.1. The van der Waals surface area contributed by atoms with Gasteiger partial charge >= 0.3 is 39.5 Å². The maximum Gasteiger partial charge on any atom is 0.472 e.